The number of hydrogen-bond acceptors (Lipinski definition) is 8. The van der Waals surface area contributed by atoms with Crippen LogP contribution in [-0.2, 0) is 19.5 Å². The Labute approximate surface area is 157 Å². The van der Waals surface area contributed by atoms with Crippen LogP contribution in [0.3, 0.4) is 0 Å². The Hall–Kier alpha value is -0.237. The molecule has 0 heterocycles. The Morgan fingerprint density at radius 3 is 0.600 bits per heavy atom. The van der Waals surface area contributed by atoms with Gasteiger partial charge in [-0.3, -0.25) is 17.3 Å². The largest absolute Gasteiger partial charge is 0.674 e. The van der Waals surface area contributed by atoms with Gasteiger partial charge in [0.15, 0.2) is 0 Å². The zero-order chi connectivity index (χ0) is 20.0. The molecule has 8 nitrogen and oxygen atoms in total. The van der Waals surface area contributed by atoms with Crippen molar-refractivity contribution in [2.24, 2.45) is 0 Å². The van der Waals surface area contributed by atoms with Gasteiger partial charge in [0.05, 0.1) is 0 Å². The van der Waals surface area contributed by atoms with E-state index in [9.17, 15) is 17.3 Å². The number of hydrogen-bond donors (Lipinski definition) is 8. The molecule has 0 aromatic carbocycles. The van der Waals surface area contributed by atoms with Crippen LogP contribution >= 0.6 is 0 Å². The van der Waals surface area contributed by atoms with E-state index in [4.69, 9.17) is 40.2 Å². The van der Waals surface area contributed by atoms with E-state index in [2.05, 4.69) is 24.3 Å². The molecular weight excluding hydrogens is 446 g/mol. The molecule has 1 aliphatic carbocycles. The fraction of sp³-hybridized carbons (Fsp3) is 0.500. The van der Waals surface area contributed by atoms with Crippen LogP contribution in [0.4, 0.5) is 17.3 Å². The van der Waals surface area contributed by atoms with E-state index in [1.807, 2.05) is 0 Å². The van der Waals surface area contributed by atoms with Crippen LogP contribution in [-0.4, -0.2) is 69.8 Å². The minimum absolute atomic E-state index is 0. The monoisotopic (exact) mass is 467 g/mol. The van der Waals surface area contributed by atoms with Gasteiger partial charge in [-0.15, -0.1) is 0 Å². The average molecular weight is 466 g/mol. The molecule has 25 heavy (non-hydrogen) atoms. The second-order valence-corrected chi connectivity index (χ2v) is 3.34. The first-order valence-electron chi connectivity index (χ1n) is 6.24. The summed E-state index contributed by atoms with van der Waals surface area (Å²) in [4.78, 5) is 0. The Bertz CT molecular complexity index is 219. The third-order valence-corrected chi connectivity index (χ3v) is 1.33. The predicted molar refractivity (Wildman–Crippen MR) is 81.9 cm³/mol. The summed E-state index contributed by atoms with van der Waals surface area (Å²) in [7, 11) is -10.7. The molecule has 8 N–H and O–H groups in total. The molecule has 1 radical (unpaired) electrons. The van der Waals surface area contributed by atoms with Crippen molar-refractivity contribution >= 4 is 29.6 Å². The molecule has 0 saturated heterocycles. The van der Waals surface area contributed by atoms with E-state index in [1.54, 1.807) is 0 Å². The third kappa shape index (κ3) is 187. The standard InChI is InChI=1S/C8H12.4BFH2O2.Rh/c1-2-4-6-8-7-5-3-1;4*2-1(3)4;/h1-2,7-8H,3-6H2;4*3-4H;. The molecule has 0 unspecified atom stereocenters. The van der Waals surface area contributed by atoms with E-state index in [0.29, 0.717) is 0 Å². The van der Waals surface area contributed by atoms with Gasteiger partial charge in [-0.25, -0.2) is 0 Å². The number of halogens is 4. The second kappa shape index (κ2) is 31.5. The van der Waals surface area contributed by atoms with Crippen LogP contribution in [0.1, 0.15) is 25.7 Å². The Morgan fingerprint density at radius 1 is 0.440 bits per heavy atom. The molecule has 0 bridgehead atoms. The van der Waals surface area contributed by atoms with Gasteiger partial charge in [-0.1, -0.05) is 24.3 Å². The molecule has 0 saturated carbocycles. The van der Waals surface area contributed by atoms with Crippen LogP contribution in [0.25, 0.3) is 0 Å². The van der Waals surface area contributed by atoms with Crippen molar-refractivity contribution in [1.29, 1.82) is 0 Å². The van der Waals surface area contributed by atoms with Gasteiger partial charge in [0.25, 0.3) is 0 Å². The molecule has 0 spiro atoms. The van der Waals surface area contributed by atoms with Crippen LogP contribution in [0.2, 0.25) is 0 Å². The molecule has 17 heteroatoms. The van der Waals surface area contributed by atoms with Crippen LogP contribution in [0.15, 0.2) is 24.3 Å². The van der Waals surface area contributed by atoms with Crippen molar-refractivity contribution in [3.05, 3.63) is 24.3 Å². The first kappa shape index (κ1) is 35.8. The maximum Gasteiger partial charge on any atom is 0.674 e. The first-order valence-corrected chi connectivity index (χ1v) is 6.24. The van der Waals surface area contributed by atoms with Crippen LogP contribution in [0.5, 0.6) is 0 Å². The predicted octanol–water partition coefficient (Wildman–Crippen LogP) is -1.63. The Kier molecular flexibility index (Phi) is 45.1. The van der Waals surface area contributed by atoms with Crippen molar-refractivity contribution in [3.63, 3.8) is 0 Å². The number of allylic oxidation sites excluding steroid dienone is 4. The quantitative estimate of drug-likeness (QED) is 0.120. The minimum Gasteiger partial charge on any atom is -0.398 e. The molecule has 0 aromatic rings. The molecule has 0 atom stereocenters. The molecule has 1 rings (SSSR count). The second-order valence-electron chi connectivity index (χ2n) is 3.34. The molecule has 1 aliphatic rings. The van der Waals surface area contributed by atoms with Gasteiger partial charge >= 0.3 is 29.6 Å². The van der Waals surface area contributed by atoms with Gasteiger partial charge in [-0.2, -0.15) is 0 Å². The van der Waals surface area contributed by atoms with Gasteiger partial charge in [-0.05, 0) is 25.7 Å². The van der Waals surface area contributed by atoms with Gasteiger partial charge < -0.3 is 40.2 Å². The molecule has 0 aliphatic heterocycles. The fourth-order valence-electron chi connectivity index (χ4n) is 0.856. The molecule has 149 valence electrons. The maximum absolute atomic E-state index is 10.1. The Balaban J connectivity index is -0.0000000695. The summed E-state index contributed by atoms with van der Waals surface area (Å²) in [5.74, 6) is 0. The smallest absolute Gasteiger partial charge is 0.398 e. The zero-order valence-electron chi connectivity index (χ0n) is 12.9. The van der Waals surface area contributed by atoms with Gasteiger partial charge in [0, 0.05) is 19.5 Å². The zero-order valence-corrected chi connectivity index (χ0v) is 14.5. The molecule has 0 aromatic heterocycles. The van der Waals surface area contributed by atoms with Gasteiger partial charge in [0.1, 0.15) is 0 Å². The maximum atomic E-state index is 10.1. The Morgan fingerprint density at radius 2 is 0.520 bits per heavy atom. The summed E-state index contributed by atoms with van der Waals surface area (Å²) in [5.41, 5.74) is 0. The van der Waals surface area contributed by atoms with Crippen molar-refractivity contribution in [1.82, 2.24) is 0 Å². The van der Waals surface area contributed by atoms with Crippen LogP contribution in [0, 0.1) is 0 Å². The average Bonchev–Trinajstić information content (AvgIpc) is 2.23. The van der Waals surface area contributed by atoms with Crippen molar-refractivity contribution in [2.75, 3.05) is 0 Å². The van der Waals surface area contributed by atoms with Crippen LogP contribution < -0.4 is 0 Å². The SMILES string of the molecule is C1=CCCC=CCC1.OB(O)F.OB(O)F.OB(O)F.OB(O)F.[Rh]. The van der Waals surface area contributed by atoms with Crippen molar-refractivity contribution in [3.8, 4) is 0 Å². The summed E-state index contributed by atoms with van der Waals surface area (Å²) in [6.45, 7) is 0. The summed E-state index contributed by atoms with van der Waals surface area (Å²) in [5, 5.41) is 55.6. The third-order valence-electron chi connectivity index (χ3n) is 1.33. The van der Waals surface area contributed by atoms with E-state index in [0.717, 1.165) is 0 Å². The van der Waals surface area contributed by atoms with E-state index < -0.39 is 29.6 Å². The first-order chi connectivity index (χ1) is 10.9. The van der Waals surface area contributed by atoms with E-state index in [-0.39, 0.29) is 19.5 Å². The summed E-state index contributed by atoms with van der Waals surface area (Å²) < 4.78 is 40.4. The normalized spacial score (nSPS) is 10.7. The summed E-state index contributed by atoms with van der Waals surface area (Å²) in [6.07, 6.45) is 14.0. The molecule has 0 amide bonds. The topological polar surface area (TPSA) is 162 Å². The van der Waals surface area contributed by atoms with Crippen molar-refractivity contribution in [2.45, 2.75) is 25.7 Å². The van der Waals surface area contributed by atoms with Gasteiger partial charge in [0.2, 0.25) is 0 Å². The molecular formula is C8H20B4F4O8Rh. The summed E-state index contributed by atoms with van der Waals surface area (Å²) in [6, 6.07) is 0. The summed E-state index contributed by atoms with van der Waals surface area (Å²) >= 11 is 0. The molecule has 0 fully saturated rings. The van der Waals surface area contributed by atoms with E-state index >= 15 is 0 Å². The van der Waals surface area contributed by atoms with Crippen molar-refractivity contribution < 1.29 is 76.9 Å². The fourth-order valence-corrected chi connectivity index (χ4v) is 0.856. The van der Waals surface area contributed by atoms with E-state index in [1.165, 1.54) is 25.7 Å². The number of rotatable bonds is 0. The minimum atomic E-state index is -2.67.